The standard InChI is InChI=1S/C14H12ClN3O/c15-12-6-2-4-10(8-12)9-3-1-5-11(7-9)13(19)18-14(16)17/h1-8H,(H4,16,17,18,19). The number of nitrogens with two attached hydrogens (primary N) is 2. The molecule has 2 aromatic carbocycles. The molecule has 0 aromatic heterocycles. The molecule has 0 spiro atoms. The quantitative estimate of drug-likeness (QED) is 0.651. The molecule has 19 heavy (non-hydrogen) atoms. The summed E-state index contributed by atoms with van der Waals surface area (Å²) in [6.07, 6.45) is 0. The molecule has 0 saturated carbocycles. The van der Waals surface area contributed by atoms with Crippen molar-refractivity contribution in [1.29, 1.82) is 0 Å². The van der Waals surface area contributed by atoms with Gasteiger partial charge in [-0.1, -0.05) is 35.9 Å². The normalized spacial score (nSPS) is 9.95. The summed E-state index contributed by atoms with van der Waals surface area (Å²) in [4.78, 5) is 15.2. The Morgan fingerprint density at radius 1 is 1.00 bits per heavy atom. The maximum Gasteiger partial charge on any atom is 0.280 e. The highest BCUT2D eigenvalue weighted by molar-refractivity contribution is 6.30. The molecule has 4 N–H and O–H groups in total. The fourth-order valence-electron chi connectivity index (χ4n) is 1.68. The number of hydrogen-bond donors (Lipinski definition) is 2. The topological polar surface area (TPSA) is 81.5 Å². The van der Waals surface area contributed by atoms with Crippen LogP contribution in [-0.4, -0.2) is 11.9 Å². The van der Waals surface area contributed by atoms with E-state index in [0.717, 1.165) is 11.1 Å². The lowest BCUT2D eigenvalue weighted by Crippen LogP contribution is -2.24. The Morgan fingerprint density at radius 2 is 1.63 bits per heavy atom. The molecule has 0 heterocycles. The molecule has 2 aromatic rings. The number of carbonyl (C=O) groups excluding carboxylic acids is 1. The minimum atomic E-state index is -0.469. The zero-order valence-electron chi connectivity index (χ0n) is 10.0. The van der Waals surface area contributed by atoms with Gasteiger partial charge in [-0.3, -0.25) is 4.79 Å². The van der Waals surface area contributed by atoms with Crippen molar-refractivity contribution in [3.05, 3.63) is 59.1 Å². The van der Waals surface area contributed by atoms with E-state index in [-0.39, 0.29) is 5.96 Å². The van der Waals surface area contributed by atoms with Crippen LogP contribution in [0, 0.1) is 0 Å². The predicted molar refractivity (Wildman–Crippen MR) is 77.0 cm³/mol. The fourth-order valence-corrected chi connectivity index (χ4v) is 1.87. The Bertz CT molecular complexity index is 649. The Balaban J connectivity index is 2.40. The van der Waals surface area contributed by atoms with Gasteiger partial charge in [0.15, 0.2) is 5.96 Å². The first-order chi connectivity index (χ1) is 9.06. The summed E-state index contributed by atoms with van der Waals surface area (Å²) in [7, 11) is 0. The zero-order chi connectivity index (χ0) is 13.8. The van der Waals surface area contributed by atoms with Crippen molar-refractivity contribution >= 4 is 23.5 Å². The number of halogens is 1. The van der Waals surface area contributed by atoms with E-state index in [9.17, 15) is 4.79 Å². The fraction of sp³-hybridized carbons (Fsp3) is 0. The highest BCUT2D eigenvalue weighted by Crippen LogP contribution is 2.23. The first-order valence-electron chi connectivity index (χ1n) is 5.56. The molecule has 0 saturated heterocycles. The molecule has 0 radical (unpaired) electrons. The lowest BCUT2D eigenvalue weighted by Gasteiger charge is -2.04. The van der Waals surface area contributed by atoms with Gasteiger partial charge in [-0.05, 0) is 35.4 Å². The molecule has 5 heteroatoms. The Labute approximate surface area is 115 Å². The highest BCUT2D eigenvalue weighted by Gasteiger charge is 2.06. The predicted octanol–water partition coefficient (Wildman–Crippen LogP) is 2.42. The van der Waals surface area contributed by atoms with E-state index < -0.39 is 5.91 Å². The second-order valence-corrected chi connectivity index (χ2v) is 4.37. The van der Waals surface area contributed by atoms with Crippen LogP contribution in [0.15, 0.2) is 53.5 Å². The monoisotopic (exact) mass is 273 g/mol. The second kappa shape index (κ2) is 5.54. The molecule has 96 valence electrons. The van der Waals surface area contributed by atoms with Crippen LogP contribution in [0.1, 0.15) is 10.4 Å². The Morgan fingerprint density at radius 3 is 2.26 bits per heavy atom. The van der Waals surface area contributed by atoms with Crippen molar-refractivity contribution in [3.63, 3.8) is 0 Å². The van der Waals surface area contributed by atoms with Gasteiger partial charge in [-0.25, -0.2) is 0 Å². The molecule has 0 unspecified atom stereocenters. The molecule has 0 fully saturated rings. The van der Waals surface area contributed by atoms with Crippen molar-refractivity contribution in [2.75, 3.05) is 0 Å². The number of carbonyl (C=O) groups is 1. The largest absolute Gasteiger partial charge is 0.370 e. The van der Waals surface area contributed by atoms with Crippen molar-refractivity contribution in [2.24, 2.45) is 16.5 Å². The van der Waals surface area contributed by atoms with Crippen LogP contribution < -0.4 is 11.5 Å². The van der Waals surface area contributed by atoms with Gasteiger partial charge in [0.1, 0.15) is 0 Å². The van der Waals surface area contributed by atoms with Crippen molar-refractivity contribution in [2.45, 2.75) is 0 Å². The molecular formula is C14H12ClN3O. The van der Waals surface area contributed by atoms with Gasteiger partial charge in [0.05, 0.1) is 0 Å². The molecule has 2 rings (SSSR count). The van der Waals surface area contributed by atoms with Crippen molar-refractivity contribution in [3.8, 4) is 11.1 Å². The van der Waals surface area contributed by atoms with Crippen LogP contribution in [0.5, 0.6) is 0 Å². The van der Waals surface area contributed by atoms with Gasteiger partial charge in [0.25, 0.3) is 5.91 Å². The molecule has 0 atom stereocenters. The first-order valence-corrected chi connectivity index (χ1v) is 5.94. The number of hydrogen-bond acceptors (Lipinski definition) is 1. The summed E-state index contributed by atoms with van der Waals surface area (Å²) < 4.78 is 0. The van der Waals surface area contributed by atoms with E-state index >= 15 is 0 Å². The Kier molecular flexibility index (Phi) is 3.82. The van der Waals surface area contributed by atoms with E-state index in [1.54, 1.807) is 24.3 Å². The molecule has 1 amide bonds. The molecular weight excluding hydrogens is 262 g/mol. The van der Waals surface area contributed by atoms with Crippen molar-refractivity contribution in [1.82, 2.24) is 0 Å². The van der Waals surface area contributed by atoms with Gasteiger partial charge in [0.2, 0.25) is 0 Å². The summed E-state index contributed by atoms with van der Waals surface area (Å²) in [6, 6.07) is 14.4. The van der Waals surface area contributed by atoms with E-state index in [0.29, 0.717) is 10.6 Å². The lowest BCUT2D eigenvalue weighted by molar-refractivity contribution is 0.100. The average molecular weight is 274 g/mol. The average Bonchev–Trinajstić information content (AvgIpc) is 2.38. The maximum atomic E-state index is 11.7. The summed E-state index contributed by atoms with van der Waals surface area (Å²) in [6.45, 7) is 0. The van der Waals surface area contributed by atoms with Crippen LogP contribution >= 0.6 is 11.6 Å². The van der Waals surface area contributed by atoms with Crippen LogP contribution in [0.4, 0.5) is 0 Å². The van der Waals surface area contributed by atoms with E-state index in [1.165, 1.54) is 0 Å². The van der Waals surface area contributed by atoms with Gasteiger partial charge in [0, 0.05) is 10.6 Å². The number of rotatable bonds is 2. The lowest BCUT2D eigenvalue weighted by atomic mass is 10.0. The van der Waals surface area contributed by atoms with Crippen molar-refractivity contribution < 1.29 is 4.79 Å². The summed E-state index contributed by atoms with van der Waals surface area (Å²) in [5.74, 6) is -0.720. The molecule has 0 aliphatic heterocycles. The third kappa shape index (κ3) is 3.33. The van der Waals surface area contributed by atoms with Gasteiger partial charge >= 0.3 is 0 Å². The highest BCUT2D eigenvalue weighted by atomic mass is 35.5. The number of benzene rings is 2. The molecule has 0 aliphatic carbocycles. The van der Waals surface area contributed by atoms with Crippen LogP contribution in [-0.2, 0) is 0 Å². The first kappa shape index (κ1) is 13.1. The van der Waals surface area contributed by atoms with Gasteiger partial charge in [-0.2, -0.15) is 4.99 Å². The molecule has 4 nitrogen and oxygen atoms in total. The van der Waals surface area contributed by atoms with E-state index in [2.05, 4.69) is 4.99 Å². The molecule has 0 aliphatic rings. The number of amides is 1. The number of guanidine groups is 1. The van der Waals surface area contributed by atoms with Gasteiger partial charge < -0.3 is 11.5 Å². The maximum absolute atomic E-state index is 11.7. The van der Waals surface area contributed by atoms with E-state index in [1.807, 2.05) is 24.3 Å². The summed E-state index contributed by atoms with van der Waals surface area (Å²) in [5.41, 5.74) is 12.6. The minimum Gasteiger partial charge on any atom is -0.370 e. The SMILES string of the molecule is NC(N)=NC(=O)c1cccc(-c2cccc(Cl)c2)c1. The van der Waals surface area contributed by atoms with E-state index in [4.69, 9.17) is 23.1 Å². The third-order valence-corrected chi connectivity index (χ3v) is 2.73. The minimum absolute atomic E-state index is 0.252. The number of aliphatic imine (C=N–C) groups is 1. The van der Waals surface area contributed by atoms with Gasteiger partial charge in [-0.15, -0.1) is 0 Å². The number of nitrogens with zero attached hydrogens (tertiary/aromatic N) is 1. The van der Waals surface area contributed by atoms with Crippen LogP contribution in [0.25, 0.3) is 11.1 Å². The molecule has 0 bridgehead atoms. The van der Waals surface area contributed by atoms with Crippen LogP contribution in [0.3, 0.4) is 0 Å². The second-order valence-electron chi connectivity index (χ2n) is 3.93. The smallest absolute Gasteiger partial charge is 0.280 e. The summed E-state index contributed by atoms with van der Waals surface area (Å²) in [5, 5.41) is 0.637. The van der Waals surface area contributed by atoms with Crippen LogP contribution in [0.2, 0.25) is 5.02 Å². The summed E-state index contributed by atoms with van der Waals surface area (Å²) >= 11 is 5.94. The third-order valence-electron chi connectivity index (χ3n) is 2.50. The Hall–Kier alpha value is -2.33. The zero-order valence-corrected chi connectivity index (χ0v) is 10.8.